The largest absolute Gasteiger partial charge is 0.381 e. The molecule has 3 nitrogen and oxygen atoms in total. The van der Waals surface area contributed by atoms with E-state index in [0.717, 1.165) is 12.2 Å². The summed E-state index contributed by atoms with van der Waals surface area (Å²) in [6.45, 7) is 5.07. The molecule has 3 aromatic rings. The van der Waals surface area contributed by atoms with Gasteiger partial charge in [0.15, 0.2) is 0 Å². The summed E-state index contributed by atoms with van der Waals surface area (Å²) in [4.78, 5) is 0. The van der Waals surface area contributed by atoms with Crippen LogP contribution in [0.25, 0.3) is 5.69 Å². The number of benzene rings is 2. The van der Waals surface area contributed by atoms with Crippen LogP contribution in [0.5, 0.6) is 0 Å². The molecule has 1 heterocycles. The van der Waals surface area contributed by atoms with Crippen molar-refractivity contribution in [3.05, 3.63) is 77.6 Å². The summed E-state index contributed by atoms with van der Waals surface area (Å²) >= 11 is 0. The zero-order valence-corrected chi connectivity index (χ0v) is 12.4. The summed E-state index contributed by atoms with van der Waals surface area (Å²) in [7, 11) is 0. The Morgan fingerprint density at radius 1 is 1.05 bits per heavy atom. The minimum atomic E-state index is 0.823. The molecule has 0 saturated carbocycles. The molecule has 0 bridgehead atoms. The number of aryl methyl sites for hydroxylation is 2. The SMILES string of the molecule is Cc1ccc(C)c(NCc2ccc(-n3cccn3)cc2)c1. The molecule has 0 saturated heterocycles. The molecule has 0 radical (unpaired) electrons. The predicted octanol–water partition coefficient (Wildman–Crippen LogP) is 4.10. The van der Waals surface area contributed by atoms with E-state index in [2.05, 4.69) is 66.7 Å². The molecule has 3 heteroatoms. The maximum atomic E-state index is 4.23. The van der Waals surface area contributed by atoms with Gasteiger partial charge < -0.3 is 5.32 Å². The van der Waals surface area contributed by atoms with Crippen molar-refractivity contribution in [3.63, 3.8) is 0 Å². The van der Waals surface area contributed by atoms with Crippen molar-refractivity contribution in [2.75, 3.05) is 5.32 Å². The van der Waals surface area contributed by atoms with Crippen molar-refractivity contribution in [1.29, 1.82) is 0 Å². The maximum Gasteiger partial charge on any atom is 0.0645 e. The maximum absolute atomic E-state index is 4.23. The molecule has 1 N–H and O–H groups in total. The average molecular weight is 277 g/mol. The summed E-state index contributed by atoms with van der Waals surface area (Å²) in [6.07, 6.45) is 3.74. The lowest BCUT2D eigenvalue weighted by Crippen LogP contribution is -2.02. The van der Waals surface area contributed by atoms with Gasteiger partial charge in [-0.25, -0.2) is 4.68 Å². The van der Waals surface area contributed by atoms with Gasteiger partial charge in [-0.2, -0.15) is 5.10 Å². The molecule has 21 heavy (non-hydrogen) atoms. The molecule has 106 valence electrons. The van der Waals surface area contributed by atoms with Crippen molar-refractivity contribution < 1.29 is 0 Å². The fourth-order valence-corrected chi connectivity index (χ4v) is 2.31. The van der Waals surface area contributed by atoms with Crippen LogP contribution in [0.4, 0.5) is 5.69 Å². The number of rotatable bonds is 4. The van der Waals surface area contributed by atoms with Crippen LogP contribution in [0.3, 0.4) is 0 Å². The topological polar surface area (TPSA) is 29.9 Å². The minimum Gasteiger partial charge on any atom is -0.381 e. The lowest BCUT2D eigenvalue weighted by Gasteiger charge is -2.11. The standard InChI is InChI=1S/C18H19N3/c1-14-4-5-15(2)18(12-14)19-13-16-6-8-17(9-7-16)21-11-3-10-20-21/h3-12,19H,13H2,1-2H3. The van der Waals surface area contributed by atoms with E-state index in [1.807, 2.05) is 16.9 Å². The van der Waals surface area contributed by atoms with E-state index in [-0.39, 0.29) is 0 Å². The van der Waals surface area contributed by atoms with Crippen LogP contribution in [0.2, 0.25) is 0 Å². The normalized spacial score (nSPS) is 10.6. The average Bonchev–Trinajstić information content (AvgIpc) is 3.03. The molecule has 2 aromatic carbocycles. The Kier molecular flexibility index (Phi) is 3.73. The lowest BCUT2D eigenvalue weighted by atomic mass is 10.1. The molecule has 0 aliphatic heterocycles. The molecular formula is C18H19N3. The van der Waals surface area contributed by atoms with E-state index >= 15 is 0 Å². The zero-order chi connectivity index (χ0) is 14.7. The smallest absolute Gasteiger partial charge is 0.0645 e. The van der Waals surface area contributed by atoms with Gasteiger partial charge in [0.05, 0.1) is 5.69 Å². The van der Waals surface area contributed by atoms with Gasteiger partial charge in [0.1, 0.15) is 0 Å². The second kappa shape index (κ2) is 5.83. The van der Waals surface area contributed by atoms with Gasteiger partial charge in [0.25, 0.3) is 0 Å². The number of aromatic nitrogens is 2. The Balaban J connectivity index is 1.70. The second-order valence-corrected chi connectivity index (χ2v) is 5.29. The Morgan fingerprint density at radius 2 is 1.86 bits per heavy atom. The van der Waals surface area contributed by atoms with Crippen LogP contribution in [0.15, 0.2) is 60.9 Å². The van der Waals surface area contributed by atoms with Gasteiger partial charge in [0, 0.05) is 24.6 Å². The Labute approximate surface area is 125 Å². The highest BCUT2D eigenvalue weighted by Crippen LogP contribution is 2.17. The fourth-order valence-electron chi connectivity index (χ4n) is 2.31. The minimum absolute atomic E-state index is 0.823. The predicted molar refractivity (Wildman–Crippen MR) is 86.8 cm³/mol. The van der Waals surface area contributed by atoms with Crippen molar-refractivity contribution in [3.8, 4) is 5.69 Å². The lowest BCUT2D eigenvalue weighted by molar-refractivity contribution is 0.879. The molecule has 0 unspecified atom stereocenters. The van der Waals surface area contributed by atoms with E-state index in [1.165, 1.54) is 22.4 Å². The third-order valence-electron chi connectivity index (χ3n) is 3.58. The van der Waals surface area contributed by atoms with E-state index in [9.17, 15) is 0 Å². The van der Waals surface area contributed by atoms with Gasteiger partial charge >= 0.3 is 0 Å². The van der Waals surface area contributed by atoms with Crippen LogP contribution >= 0.6 is 0 Å². The van der Waals surface area contributed by atoms with E-state index in [0.29, 0.717) is 0 Å². The molecule has 0 spiro atoms. The van der Waals surface area contributed by atoms with E-state index in [1.54, 1.807) is 6.20 Å². The Morgan fingerprint density at radius 3 is 2.57 bits per heavy atom. The molecule has 3 rings (SSSR count). The number of nitrogens with one attached hydrogen (secondary N) is 1. The van der Waals surface area contributed by atoms with Gasteiger partial charge in [-0.1, -0.05) is 24.3 Å². The van der Waals surface area contributed by atoms with Crippen molar-refractivity contribution >= 4 is 5.69 Å². The number of anilines is 1. The first-order valence-electron chi connectivity index (χ1n) is 7.12. The first-order chi connectivity index (χ1) is 10.2. The van der Waals surface area contributed by atoms with Gasteiger partial charge in [-0.05, 0) is 54.8 Å². The third-order valence-corrected chi connectivity index (χ3v) is 3.58. The molecule has 0 amide bonds. The Bertz CT molecular complexity index is 713. The molecule has 0 aliphatic rings. The summed E-state index contributed by atoms with van der Waals surface area (Å²) in [5.41, 5.74) is 6.08. The number of nitrogens with zero attached hydrogens (tertiary/aromatic N) is 2. The van der Waals surface area contributed by atoms with Gasteiger partial charge in [-0.3, -0.25) is 0 Å². The number of hydrogen-bond acceptors (Lipinski definition) is 2. The molecule has 0 atom stereocenters. The second-order valence-electron chi connectivity index (χ2n) is 5.29. The monoisotopic (exact) mass is 277 g/mol. The van der Waals surface area contributed by atoms with Gasteiger partial charge in [0.2, 0.25) is 0 Å². The quantitative estimate of drug-likeness (QED) is 0.778. The van der Waals surface area contributed by atoms with Crippen molar-refractivity contribution in [2.24, 2.45) is 0 Å². The van der Waals surface area contributed by atoms with Gasteiger partial charge in [-0.15, -0.1) is 0 Å². The van der Waals surface area contributed by atoms with Crippen molar-refractivity contribution in [2.45, 2.75) is 20.4 Å². The molecular weight excluding hydrogens is 258 g/mol. The highest BCUT2D eigenvalue weighted by Gasteiger charge is 2.00. The van der Waals surface area contributed by atoms with E-state index in [4.69, 9.17) is 0 Å². The molecule has 1 aromatic heterocycles. The summed E-state index contributed by atoms with van der Waals surface area (Å²) < 4.78 is 1.86. The van der Waals surface area contributed by atoms with Crippen molar-refractivity contribution in [1.82, 2.24) is 9.78 Å². The summed E-state index contributed by atoms with van der Waals surface area (Å²) in [5, 5.41) is 7.73. The number of hydrogen-bond donors (Lipinski definition) is 1. The van der Waals surface area contributed by atoms with Crippen LogP contribution in [-0.4, -0.2) is 9.78 Å². The van der Waals surface area contributed by atoms with Crippen LogP contribution in [-0.2, 0) is 6.54 Å². The first kappa shape index (κ1) is 13.4. The fraction of sp³-hybridized carbons (Fsp3) is 0.167. The summed E-state index contributed by atoms with van der Waals surface area (Å²) in [5.74, 6) is 0. The first-order valence-corrected chi connectivity index (χ1v) is 7.12. The van der Waals surface area contributed by atoms with Crippen LogP contribution in [0.1, 0.15) is 16.7 Å². The third kappa shape index (κ3) is 3.14. The van der Waals surface area contributed by atoms with Crippen LogP contribution < -0.4 is 5.32 Å². The summed E-state index contributed by atoms with van der Waals surface area (Å²) in [6, 6.07) is 16.9. The Hall–Kier alpha value is -2.55. The molecule has 0 fully saturated rings. The van der Waals surface area contributed by atoms with Crippen LogP contribution in [0, 0.1) is 13.8 Å². The highest BCUT2D eigenvalue weighted by molar-refractivity contribution is 5.52. The molecule has 0 aliphatic carbocycles. The zero-order valence-electron chi connectivity index (χ0n) is 12.4. The highest BCUT2D eigenvalue weighted by atomic mass is 15.3. The van der Waals surface area contributed by atoms with E-state index < -0.39 is 0 Å².